The molecule has 0 saturated heterocycles. The molecular formula is C17H17N3O7. The number of nitrogens with zero attached hydrogens (tertiary/aromatic N) is 3. The average molecular weight is 375 g/mol. The van der Waals surface area contributed by atoms with E-state index in [0.717, 1.165) is 7.11 Å². The van der Waals surface area contributed by atoms with Crippen molar-refractivity contribution in [3.05, 3.63) is 56.1 Å². The third kappa shape index (κ3) is 3.89. The van der Waals surface area contributed by atoms with Crippen LogP contribution in [0.5, 0.6) is 0 Å². The van der Waals surface area contributed by atoms with Gasteiger partial charge in [-0.2, -0.15) is 4.91 Å². The van der Waals surface area contributed by atoms with E-state index in [1.807, 2.05) is 0 Å². The highest BCUT2D eigenvalue weighted by Gasteiger charge is 2.43. The molecule has 0 spiro atoms. The SMILES string of the molecule is COC(=O)C1=C(CN=O)N=C(C)C(C(=O)OC)C1c1cccc([N+](=O)[O-])c1. The lowest BCUT2D eigenvalue weighted by Crippen LogP contribution is -2.36. The number of nitro benzene ring substituents is 1. The number of non-ortho nitro benzene ring substituents is 1. The number of benzene rings is 1. The number of carbonyl (C=O) groups is 2. The summed E-state index contributed by atoms with van der Waals surface area (Å²) in [6, 6.07) is 5.53. The van der Waals surface area contributed by atoms with Crippen LogP contribution < -0.4 is 0 Å². The lowest BCUT2D eigenvalue weighted by Gasteiger charge is -2.31. The fraction of sp³-hybridized carbons (Fsp3) is 0.353. The van der Waals surface area contributed by atoms with Crippen molar-refractivity contribution in [2.24, 2.45) is 16.1 Å². The molecule has 27 heavy (non-hydrogen) atoms. The Morgan fingerprint density at radius 1 is 1.30 bits per heavy atom. The maximum atomic E-state index is 12.4. The summed E-state index contributed by atoms with van der Waals surface area (Å²) in [5.41, 5.74) is 0.391. The molecule has 1 heterocycles. The van der Waals surface area contributed by atoms with E-state index < -0.39 is 35.2 Å². The van der Waals surface area contributed by atoms with Gasteiger partial charge in [-0.25, -0.2) is 4.79 Å². The van der Waals surface area contributed by atoms with Gasteiger partial charge < -0.3 is 9.47 Å². The summed E-state index contributed by atoms with van der Waals surface area (Å²) >= 11 is 0. The van der Waals surface area contributed by atoms with Gasteiger partial charge in [0.15, 0.2) is 0 Å². The molecule has 2 atom stereocenters. The highest BCUT2D eigenvalue weighted by Crippen LogP contribution is 2.41. The number of esters is 2. The van der Waals surface area contributed by atoms with E-state index >= 15 is 0 Å². The van der Waals surface area contributed by atoms with Crippen LogP contribution in [0.15, 0.2) is 45.7 Å². The first-order valence-electron chi connectivity index (χ1n) is 7.83. The molecule has 142 valence electrons. The van der Waals surface area contributed by atoms with Gasteiger partial charge in [-0.1, -0.05) is 17.3 Å². The van der Waals surface area contributed by atoms with E-state index in [0.29, 0.717) is 11.3 Å². The predicted octanol–water partition coefficient (Wildman–Crippen LogP) is 2.14. The lowest BCUT2D eigenvalue weighted by atomic mass is 9.75. The zero-order chi connectivity index (χ0) is 20.1. The van der Waals surface area contributed by atoms with Gasteiger partial charge in [0.2, 0.25) is 0 Å². The first-order valence-corrected chi connectivity index (χ1v) is 7.83. The Morgan fingerprint density at radius 3 is 2.56 bits per heavy atom. The topological polar surface area (TPSA) is 138 Å². The van der Waals surface area contributed by atoms with Crippen molar-refractivity contribution in [2.75, 3.05) is 20.8 Å². The quantitative estimate of drug-likeness (QED) is 0.321. The Bertz CT molecular complexity index is 860. The van der Waals surface area contributed by atoms with Gasteiger partial charge in [-0.3, -0.25) is 19.9 Å². The van der Waals surface area contributed by atoms with E-state index in [1.165, 1.54) is 25.3 Å². The highest BCUT2D eigenvalue weighted by atomic mass is 16.6. The third-order valence-corrected chi connectivity index (χ3v) is 4.23. The van der Waals surface area contributed by atoms with Crippen LogP contribution in [0.25, 0.3) is 0 Å². The molecule has 10 heteroatoms. The van der Waals surface area contributed by atoms with Crippen molar-refractivity contribution < 1.29 is 24.0 Å². The fourth-order valence-electron chi connectivity index (χ4n) is 3.09. The number of carbonyl (C=O) groups excluding carboxylic acids is 2. The Balaban J connectivity index is 2.77. The van der Waals surface area contributed by atoms with E-state index in [4.69, 9.17) is 9.47 Å². The summed E-state index contributed by atoms with van der Waals surface area (Å²) in [7, 11) is 2.33. The summed E-state index contributed by atoms with van der Waals surface area (Å²) in [5, 5.41) is 13.9. The number of methoxy groups -OCH3 is 2. The molecule has 0 bridgehead atoms. The molecule has 2 rings (SSSR count). The minimum Gasteiger partial charge on any atom is -0.468 e. The second-order valence-electron chi connectivity index (χ2n) is 5.72. The molecule has 1 aliphatic rings. The van der Waals surface area contributed by atoms with Crippen molar-refractivity contribution in [3.8, 4) is 0 Å². The van der Waals surface area contributed by atoms with E-state index in [-0.39, 0.29) is 17.0 Å². The number of hydrogen-bond donors (Lipinski definition) is 0. The van der Waals surface area contributed by atoms with Gasteiger partial charge in [0.25, 0.3) is 5.69 Å². The van der Waals surface area contributed by atoms with Crippen LogP contribution >= 0.6 is 0 Å². The second-order valence-corrected chi connectivity index (χ2v) is 5.72. The Morgan fingerprint density at radius 2 is 2.00 bits per heavy atom. The number of aliphatic imine (C=N–C) groups is 1. The van der Waals surface area contributed by atoms with Crippen molar-refractivity contribution >= 4 is 23.3 Å². The van der Waals surface area contributed by atoms with Crippen LogP contribution in [0.2, 0.25) is 0 Å². The largest absolute Gasteiger partial charge is 0.468 e. The highest BCUT2D eigenvalue weighted by molar-refractivity contribution is 6.07. The lowest BCUT2D eigenvalue weighted by molar-refractivity contribution is -0.384. The first-order chi connectivity index (χ1) is 12.8. The summed E-state index contributed by atoms with van der Waals surface area (Å²) in [5.74, 6) is -3.47. The third-order valence-electron chi connectivity index (χ3n) is 4.23. The minimum atomic E-state index is -1.01. The van der Waals surface area contributed by atoms with Gasteiger partial charge in [-0.05, 0) is 12.5 Å². The van der Waals surface area contributed by atoms with Gasteiger partial charge in [0.05, 0.1) is 30.4 Å². The number of nitro groups is 1. The number of ether oxygens (including phenoxy) is 2. The monoisotopic (exact) mass is 375 g/mol. The predicted molar refractivity (Wildman–Crippen MR) is 94.2 cm³/mol. The minimum absolute atomic E-state index is 0.0472. The van der Waals surface area contributed by atoms with Crippen LogP contribution in [0.3, 0.4) is 0 Å². The molecule has 0 amide bonds. The van der Waals surface area contributed by atoms with Crippen molar-refractivity contribution in [1.29, 1.82) is 0 Å². The number of hydrogen-bond acceptors (Lipinski definition) is 9. The van der Waals surface area contributed by atoms with E-state index in [9.17, 15) is 24.6 Å². The molecule has 1 aromatic carbocycles. The number of rotatable bonds is 6. The van der Waals surface area contributed by atoms with Gasteiger partial charge in [0.1, 0.15) is 12.5 Å². The Labute approximate surface area is 154 Å². The molecule has 10 nitrogen and oxygen atoms in total. The zero-order valence-electron chi connectivity index (χ0n) is 14.9. The maximum absolute atomic E-state index is 12.4. The molecule has 0 saturated carbocycles. The molecule has 2 unspecified atom stereocenters. The summed E-state index contributed by atoms with van der Waals surface area (Å²) < 4.78 is 9.63. The van der Waals surface area contributed by atoms with Crippen LogP contribution in [-0.4, -0.2) is 43.3 Å². The standard InChI is InChI=1S/C17H17N3O7/c1-9-13(16(21)26-2)14(10-5-4-6-11(7-10)20(24)25)15(17(22)27-3)12(19-9)8-18-23/h4-7,13-14H,8H2,1-3H3. The van der Waals surface area contributed by atoms with Crippen LogP contribution in [0.4, 0.5) is 5.69 Å². The van der Waals surface area contributed by atoms with Crippen LogP contribution in [-0.2, 0) is 19.1 Å². The molecule has 0 radical (unpaired) electrons. The fourth-order valence-corrected chi connectivity index (χ4v) is 3.09. The van der Waals surface area contributed by atoms with Crippen molar-refractivity contribution in [3.63, 3.8) is 0 Å². The molecule has 1 aromatic rings. The van der Waals surface area contributed by atoms with E-state index in [1.54, 1.807) is 13.0 Å². The van der Waals surface area contributed by atoms with Gasteiger partial charge in [-0.15, -0.1) is 0 Å². The first kappa shape index (κ1) is 19.9. The Hall–Kier alpha value is -3.43. The average Bonchev–Trinajstić information content (AvgIpc) is 2.66. The summed E-state index contributed by atoms with van der Waals surface area (Å²) in [6.45, 7) is 1.13. The maximum Gasteiger partial charge on any atom is 0.336 e. The molecule has 0 N–H and O–H groups in total. The van der Waals surface area contributed by atoms with Gasteiger partial charge >= 0.3 is 11.9 Å². The van der Waals surface area contributed by atoms with Crippen LogP contribution in [0.1, 0.15) is 18.4 Å². The molecule has 0 aromatic heterocycles. The number of nitroso groups, excluding NO2 is 1. The molecule has 0 fully saturated rings. The Kier molecular flexibility index (Phi) is 6.11. The second kappa shape index (κ2) is 8.30. The van der Waals surface area contributed by atoms with Crippen LogP contribution in [0, 0.1) is 20.9 Å². The molecule has 1 aliphatic heterocycles. The molecule has 0 aliphatic carbocycles. The molecular weight excluding hydrogens is 358 g/mol. The van der Waals surface area contributed by atoms with Crippen molar-refractivity contribution in [1.82, 2.24) is 0 Å². The zero-order valence-corrected chi connectivity index (χ0v) is 14.9. The van der Waals surface area contributed by atoms with Crippen molar-refractivity contribution in [2.45, 2.75) is 12.8 Å². The normalized spacial score (nSPS) is 19.1. The van der Waals surface area contributed by atoms with E-state index in [2.05, 4.69) is 10.2 Å². The van der Waals surface area contributed by atoms with Gasteiger partial charge in [0, 0.05) is 23.8 Å². The summed E-state index contributed by atoms with van der Waals surface area (Å²) in [6.07, 6.45) is 0. The summed E-state index contributed by atoms with van der Waals surface area (Å²) in [4.78, 5) is 50.4. The smallest absolute Gasteiger partial charge is 0.336 e.